The van der Waals surface area contributed by atoms with E-state index >= 15 is 0 Å². The number of nitrogens with zero attached hydrogens (tertiary/aromatic N) is 2. The van der Waals surface area contributed by atoms with Gasteiger partial charge in [0.05, 0.1) is 25.4 Å². The summed E-state index contributed by atoms with van der Waals surface area (Å²) in [6, 6.07) is 3.50. The van der Waals surface area contributed by atoms with Gasteiger partial charge >= 0.3 is 0 Å². The first kappa shape index (κ1) is 16.0. The van der Waals surface area contributed by atoms with Crippen molar-refractivity contribution in [1.29, 1.82) is 10.5 Å². The van der Waals surface area contributed by atoms with E-state index < -0.39 is 0 Å². The Morgan fingerprint density at radius 3 is 1.10 bits per heavy atom. The zero-order chi connectivity index (χ0) is 8.83. The summed E-state index contributed by atoms with van der Waals surface area (Å²) < 4.78 is 0. The number of aliphatic hydroxyl groups is 2. The molecule has 0 aliphatic carbocycles. The van der Waals surface area contributed by atoms with Crippen LogP contribution in [0.15, 0.2) is 0 Å². The van der Waals surface area contributed by atoms with Gasteiger partial charge in [-0.2, -0.15) is 10.5 Å². The summed E-state index contributed by atoms with van der Waals surface area (Å²) in [5.41, 5.74) is 0. The van der Waals surface area contributed by atoms with Gasteiger partial charge in [0, 0.05) is 13.8 Å². The molecule has 0 aliphatic rings. The second-order valence-corrected chi connectivity index (χ2v) is 0.894. The lowest BCUT2D eigenvalue weighted by atomic mass is 10.8. The third-order valence-corrected chi connectivity index (χ3v) is 0.1000. The Bertz CT molecular complexity index is 87.3. The molecule has 58 valence electrons. The Hall–Kier alpha value is -1.10. The number of hydrogen-bond acceptors (Lipinski definition) is 4. The molecule has 2 N–H and O–H groups in total. The fourth-order valence-electron chi connectivity index (χ4n) is 0. The van der Waals surface area contributed by atoms with Gasteiger partial charge in [-0.15, -0.1) is 0 Å². The molecule has 0 aromatic carbocycles. The van der Waals surface area contributed by atoms with E-state index in [0.717, 1.165) is 0 Å². The van der Waals surface area contributed by atoms with Crippen molar-refractivity contribution in [2.24, 2.45) is 0 Å². The van der Waals surface area contributed by atoms with Crippen LogP contribution >= 0.6 is 0 Å². The number of nitriles is 2. The topological polar surface area (TPSA) is 88.0 Å². The molecule has 0 aliphatic heterocycles. The lowest BCUT2D eigenvalue weighted by Gasteiger charge is -1.70. The van der Waals surface area contributed by atoms with Crippen LogP contribution in [0, 0.1) is 22.7 Å². The maximum Gasteiger partial charge on any atom is 0.0662 e. The Morgan fingerprint density at radius 2 is 1.10 bits per heavy atom. The van der Waals surface area contributed by atoms with Gasteiger partial charge in [-0.05, 0) is 0 Å². The summed E-state index contributed by atoms with van der Waals surface area (Å²) in [5, 5.41) is 29.9. The SMILES string of the molecule is CC#N.CC#N.OCCO. The van der Waals surface area contributed by atoms with Crippen LogP contribution in [0.1, 0.15) is 13.8 Å². The van der Waals surface area contributed by atoms with Crippen molar-refractivity contribution in [3.05, 3.63) is 0 Å². The molecule has 0 bridgehead atoms. The van der Waals surface area contributed by atoms with Crippen molar-refractivity contribution in [3.63, 3.8) is 0 Å². The second-order valence-electron chi connectivity index (χ2n) is 0.894. The first-order valence-electron chi connectivity index (χ1n) is 2.58. The number of rotatable bonds is 1. The third kappa shape index (κ3) is 24000. The minimum Gasteiger partial charge on any atom is -0.394 e. The van der Waals surface area contributed by atoms with Gasteiger partial charge in [0.2, 0.25) is 0 Å². The number of hydrogen-bond donors (Lipinski definition) is 2. The molecule has 0 aromatic heterocycles. The highest BCUT2D eigenvalue weighted by Gasteiger charge is 1.58. The smallest absolute Gasteiger partial charge is 0.0662 e. The summed E-state index contributed by atoms with van der Waals surface area (Å²) in [5.74, 6) is 0. The fraction of sp³-hybridized carbons (Fsp3) is 0.667. The molecule has 4 nitrogen and oxygen atoms in total. The molecule has 0 aromatic rings. The van der Waals surface area contributed by atoms with Crippen LogP contribution < -0.4 is 0 Å². The zero-order valence-corrected chi connectivity index (χ0v) is 6.20. The summed E-state index contributed by atoms with van der Waals surface area (Å²) in [7, 11) is 0. The Balaban J connectivity index is -0.0000000750. The van der Waals surface area contributed by atoms with Gasteiger partial charge in [-0.3, -0.25) is 0 Å². The predicted octanol–water partition coefficient (Wildman–Crippen LogP) is 0.0308. The van der Waals surface area contributed by atoms with Crippen molar-refractivity contribution in [1.82, 2.24) is 0 Å². The third-order valence-electron chi connectivity index (χ3n) is 0.1000. The molecule has 10 heavy (non-hydrogen) atoms. The van der Waals surface area contributed by atoms with E-state index in [1.54, 1.807) is 12.1 Å². The molecule has 0 atom stereocenters. The van der Waals surface area contributed by atoms with Crippen molar-refractivity contribution in [2.45, 2.75) is 13.8 Å². The monoisotopic (exact) mass is 144 g/mol. The van der Waals surface area contributed by atoms with E-state index in [1.807, 2.05) is 0 Å². The van der Waals surface area contributed by atoms with Crippen LogP contribution in [-0.4, -0.2) is 23.4 Å². The lowest BCUT2D eigenvalue weighted by Crippen LogP contribution is -1.85. The van der Waals surface area contributed by atoms with Gasteiger partial charge in [-0.1, -0.05) is 0 Å². The number of aliphatic hydroxyl groups excluding tert-OH is 2. The van der Waals surface area contributed by atoms with Crippen molar-refractivity contribution in [2.75, 3.05) is 13.2 Å². The van der Waals surface area contributed by atoms with Crippen LogP contribution in [0.2, 0.25) is 0 Å². The van der Waals surface area contributed by atoms with E-state index in [0.29, 0.717) is 0 Å². The van der Waals surface area contributed by atoms with Gasteiger partial charge in [0.25, 0.3) is 0 Å². The summed E-state index contributed by atoms with van der Waals surface area (Å²) in [6.07, 6.45) is 0. The highest BCUT2D eigenvalue weighted by atomic mass is 16.3. The van der Waals surface area contributed by atoms with E-state index in [1.165, 1.54) is 13.8 Å². The molecule has 4 heteroatoms. The highest BCUT2D eigenvalue weighted by molar-refractivity contribution is 4.51. The molecular formula is C6H12N2O2. The molecule has 0 unspecified atom stereocenters. The van der Waals surface area contributed by atoms with Crippen LogP contribution in [0.25, 0.3) is 0 Å². The quantitative estimate of drug-likeness (QED) is 0.543. The molecular weight excluding hydrogens is 132 g/mol. The Labute approximate surface area is 60.9 Å². The maximum atomic E-state index is 7.62. The molecule has 0 radical (unpaired) electrons. The highest BCUT2D eigenvalue weighted by Crippen LogP contribution is 1.39. The molecule has 0 saturated heterocycles. The van der Waals surface area contributed by atoms with E-state index in [-0.39, 0.29) is 13.2 Å². The lowest BCUT2D eigenvalue weighted by molar-refractivity contribution is 0.186. The molecule has 0 amide bonds. The van der Waals surface area contributed by atoms with E-state index in [9.17, 15) is 0 Å². The zero-order valence-electron chi connectivity index (χ0n) is 6.20. The standard InChI is InChI=1S/2C2H3N.C2H6O2/c2*1-2-3;3-1-2-4/h2*1H3;3-4H,1-2H2. The maximum absolute atomic E-state index is 7.62. The molecule has 0 heterocycles. The van der Waals surface area contributed by atoms with Gasteiger partial charge < -0.3 is 10.2 Å². The molecule has 0 spiro atoms. The Kier molecular flexibility index (Phi) is 71.4. The average Bonchev–Trinajstić information content (AvgIpc) is 1.91. The predicted molar refractivity (Wildman–Crippen MR) is 36.7 cm³/mol. The largest absolute Gasteiger partial charge is 0.394 e. The summed E-state index contributed by atoms with van der Waals surface area (Å²) >= 11 is 0. The van der Waals surface area contributed by atoms with Crippen LogP contribution in [0.5, 0.6) is 0 Å². The minimum absolute atomic E-state index is 0.125. The van der Waals surface area contributed by atoms with Gasteiger partial charge in [0.15, 0.2) is 0 Å². The normalized spacial score (nSPS) is 4.60. The van der Waals surface area contributed by atoms with Crippen molar-refractivity contribution >= 4 is 0 Å². The van der Waals surface area contributed by atoms with Crippen molar-refractivity contribution < 1.29 is 10.2 Å². The van der Waals surface area contributed by atoms with E-state index in [2.05, 4.69) is 0 Å². The molecule has 0 saturated carbocycles. The van der Waals surface area contributed by atoms with E-state index in [4.69, 9.17) is 20.7 Å². The summed E-state index contributed by atoms with van der Waals surface area (Å²) in [6.45, 7) is 2.61. The molecule has 0 fully saturated rings. The van der Waals surface area contributed by atoms with Gasteiger partial charge in [0.1, 0.15) is 0 Å². The van der Waals surface area contributed by atoms with Crippen LogP contribution in [0.4, 0.5) is 0 Å². The second kappa shape index (κ2) is 44.7. The van der Waals surface area contributed by atoms with Crippen LogP contribution in [0.3, 0.4) is 0 Å². The summed E-state index contributed by atoms with van der Waals surface area (Å²) in [4.78, 5) is 0. The Morgan fingerprint density at radius 1 is 1.00 bits per heavy atom. The van der Waals surface area contributed by atoms with Crippen molar-refractivity contribution in [3.8, 4) is 12.1 Å². The average molecular weight is 144 g/mol. The molecule has 0 rings (SSSR count). The first-order valence-corrected chi connectivity index (χ1v) is 2.58. The van der Waals surface area contributed by atoms with Crippen LogP contribution in [-0.2, 0) is 0 Å². The van der Waals surface area contributed by atoms with Gasteiger partial charge in [-0.25, -0.2) is 0 Å². The fourth-order valence-corrected chi connectivity index (χ4v) is 0. The minimum atomic E-state index is -0.125. The first-order chi connectivity index (χ1) is 4.74.